The molecule has 2 fully saturated rings. The number of anilines is 1. The summed E-state index contributed by atoms with van der Waals surface area (Å²) in [6.45, 7) is 9.85. The van der Waals surface area contributed by atoms with Gasteiger partial charge in [0.25, 0.3) is 0 Å². The molecule has 0 bridgehead atoms. The first-order valence-corrected chi connectivity index (χ1v) is 13.7. The van der Waals surface area contributed by atoms with E-state index in [0.29, 0.717) is 46.0 Å². The standard InChI is InChI=1S/C28H39ClN6O3/c1-17-26(25(18(2)30)19(3)36)32-27(23-14-22(6-7-24(23)29)38-16-21(37)15-31-4)33-28(17)35-12-8-20(9-13-35)34-10-5-11-34/h6-7,14,20-21,30-31,36-37H,5,8-13,15-16H2,1-4H3/b25-19+,30-18?/t21-/m1/s1. The molecule has 0 radical (unpaired) electrons. The molecule has 2 aromatic rings. The molecule has 1 atom stereocenters. The van der Waals surface area contributed by atoms with Gasteiger partial charge in [0.15, 0.2) is 5.82 Å². The number of rotatable bonds is 10. The van der Waals surface area contributed by atoms with E-state index < -0.39 is 6.10 Å². The molecule has 1 aromatic carbocycles. The second kappa shape index (κ2) is 12.4. The van der Waals surface area contributed by atoms with Crippen LogP contribution in [-0.4, -0.2) is 89.3 Å². The van der Waals surface area contributed by atoms with Gasteiger partial charge < -0.3 is 35.5 Å². The molecule has 0 saturated carbocycles. The van der Waals surface area contributed by atoms with Gasteiger partial charge in [-0.05, 0) is 78.4 Å². The zero-order valence-corrected chi connectivity index (χ0v) is 23.5. The monoisotopic (exact) mass is 542 g/mol. The number of ether oxygens (including phenoxy) is 1. The first kappa shape index (κ1) is 28.3. The molecule has 206 valence electrons. The number of halogens is 1. The van der Waals surface area contributed by atoms with Gasteiger partial charge in [-0.1, -0.05) is 11.6 Å². The summed E-state index contributed by atoms with van der Waals surface area (Å²) in [6, 6.07) is 5.86. The van der Waals surface area contributed by atoms with Crippen molar-refractivity contribution in [3.05, 3.63) is 40.2 Å². The third kappa shape index (κ3) is 6.29. The molecule has 2 aliphatic rings. The highest BCUT2D eigenvalue weighted by Crippen LogP contribution is 2.36. The van der Waals surface area contributed by atoms with E-state index >= 15 is 0 Å². The van der Waals surface area contributed by atoms with Crippen molar-refractivity contribution in [2.24, 2.45) is 0 Å². The number of allylic oxidation sites excluding steroid dienone is 2. The van der Waals surface area contributed by atoms with Crippen LogP contribution in [0.25, 0.3) is 17.0 Å². The summed E-state index contributed by atoms with van der Waals surface area (Å²) in [7, 11) is 1.77. The molecule has 10 heteroatoms. The smallest absolute Gasteiger partial charge is 0.163 e. The molecule has 9 nitrogen and oxygen atoms in total. The zero-order chi connectivity index (χ0) is 27.4. The van der Waals surface area contributed by atoms with Crippen LogP contribution in [0.4, 0.5) is 5.82 Å². The first-order valence-electron chi connectivity index (χ1n) is 13.3. The molecule has 4 rings (SSSR count). The maximum Gasteiger partial charge on any atom is 0.163 e. The lowest BCUT2D eigenvalue weighted by Gasteiger charge is -2.43. The third-order valence-electron chi connectivity index (χ3n) is 7.33. The number of hydrogen-bond donors (Lipinski definition) is 4. The topological polar surface area (TPSA) is 118 Å². The summed E-state index contributed by atoms with van der Waals surface area (Å²) in [4.78, 5) is 14.7. The molecule has 0 spiro atoms. The molecule has 0 unspecified atom stereocenters. The van der Waals surface area contributed by atoms with Crippen molar-refractivity contribution in [3.8, 4) is 17.1 Å². The van der Waals surface area contributed by atoms with Crippen LogP contribution in [0.5, 0.6) is 5.75 Å². The Bertz CT molecular complexity index is 1190. The Morgan fingerprint density at radius 3 is 2.50 bits per heavy atom. The molecule has 4 N–H and O–H groups in total. The van der Waals surface area contributed by atoms with Crippen molar-refractivity contribution in [2.75, 3.05) is 51.3 Å². The fourth-order valence-corrected chi connectivity index (χ4v) is 5.40. The van der Waals surface area contributed by atoms with Crippen LogP contribution in [0, 0.1) is 12.3 Å². The number of aromatic nitrogens is 2. The van der Waals surface area contributed by atoms with E-state index in [4.69, 9.17) is 31.7 Å². The molecule has 0 amide bonds. The lowest BCUT2D eigenvalue weighted by atomic mass is 9.98. The van der Waals surface area contributed by atoms with Crippen molar-refractivity contribution < 1.29 is 14.9 Å². The fraction of sp³-hybridized carbons (Fsp3) is 0.536. The number of likely N-dealkylation sites (tertiary alicyclic amines) is 1. The lowest BCUT2D eigenvalue weighted by molar-refractivity contribution is 0.1000. The highest BCUT2D eigenvalue weighted by molar-refractivity contribution is 6.33. The van der Waals surface area contributed by atoms with E-state index in [1.165, 1.54) is 19.5 Å². The van der Waals surface area contributed by atoms with Crippen molar-refractivity contribution in [1.82, 2.24) is 20.2 Å². The van der Waals surface area contributed by atoms with E-state index in [0.717, 1.165) is 37.3 Å². The van der Waals surface area contributed by atoms with Gasteiger partial charge in [0, 0.05) is 42.5 Å². The predicted molar refractivity (Wildman–Crippen MR) is 153 cm³/mol. The summed E-state index contributed by atoms with van der Waals surface area (Å²) >= 11 is 6.64. The maximum atomic E-state index is 10.5. The van der Waals surface area contributed by atoms with Crippen LogP contribution >= 0.6 is 11.6 Å². The van der Waals surface area contributed by atoms with Crippen molar-refractivity contribution in [1.29, 1.82) is 5.41 Å². The number of piperidine rings is 1. The third-order valence-corrected chi connectivity index (χ3v) is 7.66. The molecule has 1 aromatic heterocycles. The number of aliphatic hydroxyl groups is 2. The van der Waals surface area contributed by atoms with Gasteiger partial charge in [0.2, 0.25) is 0 Å². The quantitative estimate of drug-likeness (QED) is 0.262. The van der Waals surface area contributed by atoms with Crippen LogP contribution in [0.3, 0.4) is 0 Å². The number of nitrogens with zero attached hydrogens (tertiary/aromatic N) is 4. The van der Waals surface area contributed by atoms with Crippen LogP contribution in [0.2, 0.25) is 5.02 Å². The molecule has 38 heavy (non-hydrogen) atoms. The first-order chi connectivity index (χ1) is 18.2. The van der Waals surface area contributed by atoms with Gasteiger partial charge in [-0.25, -0.2) is 9.97 Å². The van der Waals surface area contributed by atoms with Crippen LogP contribution in [-0.2, 0) is 0 Å². The highest BCUT2D eigenvalue weighted by atomic mass is 35.5. The minimum Gasteiger partial charge on any atom is -0.512 e. The lowest BCUT2D eigenvalue weighted by Crippen LogP contribution is -2.50. The summed E-state index contributed by atoms with van der Waals surface area (Å²) < 4.78 is 5.81. The van der Waals surface area contributed by atoms with Crippen molar-refractivity contribution >= 4 is 28.7 Å². The fourth-order valence-electron chi connectivity index (χ4n) is 5.20. The number of benzene rings is 1. The number of hydrogen-bond acceptors (Lipinski definition) is 9. The Morgan fingerprint density at radius 2 is 1.92 bits per heavy atom. The summed E-state index contributed by atoms with van der Waals surface area (Å²) in [5.41, 5.74) is 2.55. The minimum atomic E-state index is -0.650. The van der Waals surface area contributed by atoms with E-state index in [9.17, 15) is 10.2 Å². The summed E-state index contributed by atoms with van der Waals surface area (Å²) in [5.74, 6) is 1.77. The van der Waals surface area contributed by atoms with Gasteiger partial charge >= 0.3 is 0 Å². The van der Waals surface area contributed by atoms with E-state index in [2.05, 4.69) is 15.1 Å². The molecule has 2 saturated heterocycles. The Labute approximate surface area is 230 Å². The van der Waals surface area contributed by atoms with E-state index in [1.807, 2.05) is 6.92 Å². The van der Waals surface area contributed by atoms with E-state index in [-0.39, 0.29) is 18.1 Å². The maximum absolute atomic E-state index is 10.5. The van der Waals surface area contributed by atoms with Gasteiger partial charge in [0.1, 0.15) is 30.0 Å². The molecule has 2 aliphatic heterocycles. The average molecular weight is 543 g/mol. The van der Waals surface area contributed by atoms with Gasteiger partial charge in [-0.2, -0.15) is 0 Å². The second-order valence-corrected chi connectivity index (χ2v) is 10.6. The summed E-state index contributed by atoms with van der Waals surface area (Å²) in [6.07, 6.45) is 2.77. The normalized spacial score (nSPS) is 18.1. The number of nitrogens with one attached hydrogen (secondary N) is 2. The van der Waals surface area contributed by atoms with Gasteiger partial charge in [-0.3, -0.25) is 0 Å². The highest BCUT2D eigenvalue weighted by Gasteiger charge is 2.30. The summed E-state index contributed by atoms with van der Waals surface area (Å²) in [5, 5.41) is 32.3. The van der Waals surface area contributed by atoms with Gasteiger partial charge in [0.05, 0.1) is 16.3 Å². The van der Waals surface area contributed by atoms with Crippen molar-refractivity contribution in [2.45, 2.75) is 52.2 Å². The minimum absolute atomic E-state index is 0.0365. The molecular weight excluding hydrogens is 504 g/mol. The SMILES string of the molecule is CNC[C@@H](O)COc1ccc(Cl)c(-c2nc(/C(C(C)=N)=C(\C)O)c(C)c(N3CCC(N4CCC4)CC3)n2)c1. The molecular formula is C28H39ClN6O3. The van der Waals surface area contributed by atoms with Crippen molar-refractivity contribution in [3.63, 3.8) is 0 Å². The van der Waals surface area contributed by atoms with Gasteiger partial charge in [-0.15, -0.1) is 0 Å². The molecule has 3 heterocycles. The largest absolute Gasteiger partial charge is 0.512 e. The average Bonchev–Trinajstić information content (AvgIpc) is 2.84. The predicted octanol–water partition coefficient (Wildman–Crippen LogP) is 4.07. The van der Waals surface area contributed by atoms with Crippen LogP contribution in [0.15, 0.2) is 24.0 Å². The Morgan fingerprint density at radius 1 is 1.21 bits per heavy atom. The molecule has 0 aliphatic carbocycles. The Kier molecular flexibility index (Phi) is 9.25. The second-order valence-electron chi connectivity index (χ2n) is 10.2. The Balaban J connectivity index is 1.73. The number of aliphatic hydroxyl groups excluding tert-OH is 2. The number of likely N-dealkylation sites (N-methyl/N-ethyl adjacent to an activating group) is 1. The zero-order valence-electron chi connectivity index (χ0n) is 22.7. The van der Waals surface area contributed by atoms with Crippen LogP contribution < -0.4 is 15.0 Å². The van der Waals surface area contributed by atoms with Crippen LogP contribution in [0.1, 0.15) is 44.4 Å². The van der Waals surface area contributed by atoms with E-state index in [1.54, 1.807) is 39.1 Å². The Hall–Kier alpha value is -2.72.